The Hall–Kier alpha value is -1.75. The number of methoxy groups -OCH3 is 1. The van der Waals surface area contributed by atoms with Crippen molar-refractivity contribution in [1.82, 2.24) is 5.32 Å². The first-order chi connectivity index (χ1) is 8.13. The third-order valence-electron chi connectivity index (χ3n) is 2.24. The number of nitrogens with two attached hydrogens (primary N) is 1. The van der Waals surface area contributed by atoms with Gasteiger partial charge in [-0.25, -0.2) is 4.79 Å². The second kappa shape index (κ2) is 6.75. The van der Waals surface area contributed by atoms with E-state index >= 15 is 0 Å². The molecule has 1 aromatic carbocycles. The molecule has 5 nitrogen and oxygen atoms in total. The maximum atomic E-state index is 11.5. The van der Waals surface area contributed by atoms with Crippen LogP contribution in [0.1, 0.15) is 13.3 Å². The van der Waals surface area contributed by atoms with Gasteiger partial charge in [-0.3, -0.25) is 0 Å². The average Bonchev–Trinajstić information content (AvgIpc) is 2.29. The number of benzene rings is 1. The molecule has 0 aliphatic rings. The molecule has 1 aromatic rings. The number of hydrogen-bond acceptors (Lipinski definition) is 3. The van der Waals surface area contributed by atoms with E-state index in [4.69, 9.17) is 10.5 Å². The van der Waals surface area contributed by atoms with Crippen LogP contribution in [0.15, 0.2) is 24.3 Å². The molecular formula is C12H19N3O2. The summed E-state index contributed by atoms with van der Waals surface area (Å²) >= 11 is 0. The minimum atomic E-state index is -0.254. The number of amides is 2. The summed E-state index contributed by atoms with van der Waals surface area (Å²) in [5.74, 6) is 0.634. The van der Waals surface area contributed by atoms with Gasteiger partial charge in [-0.2, -0.15) is 0 Å². The molecule has 1 rings (SSSR count). The van der Waals surface area contributed by atoms with E-state index in [0.29, 0.717) is 18.0 Å². The first kappa shape index (κ1) is 13.3. The molecule has 0 saturated heterocycles. The Bertz CT molecular complexity index is 367. The second-order valence-electron chi connectivity index (χ2n) is 3.85. The van der Waals surface area contributed by atoms with Crippen LogP contribution >= 0.6 is 0 Å². The predicted molar refractivity (Wildman–Crippen MR) is 68.3 cm³/mol. The highest BCUT2D eigenvalue weighted by Gasteiger charge is 2.05. The van der Waals surface area contributed by atoms with Crippen LogP contribution in [0, 0.1) is 0 Å². The van der Waals surface area contributed by atoms with Crippen LogP contribution < -0.4 is 21.1 Å². The molecule has 17 heavy (non-hydrogen) atoms. The van der Waals surface area contributed by atoms with E-state index in [-0.39, 0.29) is 12.1 Å². The van der Waals surface area contributed by atoms with Crippen molar-refractivity contribution in [2.45, 2.75) is 19.4 Å². The number of hydrogen-bond donors (Lipinski definition) is 3. The van der Waals surface area contributed by atoms with Crippen LogP contribution in [0.4, 0.5) is 10.5 Å². The van der Waals surface area contributed by atoms with Crippen LogP contribution in [-0.4, -0.2) is 25.7 Å². The molecule has 0 fully saturated rings. The van der Waals surface area contributed by atoms with Crippen molar-refractivity contribution in [3.05, 3.63) is 24.3 Å². The van der Waals surface area contributed by atoms with Crippen molar-refractivity contribution in [2.75, 3.05) is 19.0 Å². The first-order valence-electron chi connectivity index (χ1n) is 5.57. The molecule has 0 radical (unpaired) electrons. The number of ether oxygens (including phenoxy) is 1. The minimum Gasteiger partial charge on any atom is -0.495 e. The van der Waals surface area contributed by atoms with Crippen LogP contribution in [0.3, 0.4) is 0 Å². The zero-order chi connectivity index (χ0) is 12.7. The van der Waals surface area contributed by atoms with Crippen LogP contribution in [0.5, 0.6) is 5.75 Å². The molecule has 0 bridgehead atoms. The summed E-state index contributed by atoms with van der Waals surface area (Å²) in [6.45, 7) is 2.46. The third kappa shape index (κ3) is 4.74. The monoisotopic (exact) mass is 237 g/mol. The maximum absolute atomic E-state index is 11.5. The van der Waals surface area contributed by atoms with Crippen molar-refractivity contribution in [2.24, 2.45) is 5.73 Å². The Morgan fingerprint density at radius 1 is 1.47 bits per heavy atom. The Morgan fingerprint density at radius 2 is 2.18 bits per heavy atom. The topological polar surface area (TPSA) is 76.4 Å². The number of nitrogens with one attached hydrogen (secondary N) is 2. The van der Waals surface area contributed by atoms with Crippen molar-refractivity contribution >= 4 is 11.7 Å². The summed E-state index contributed by atoms with van der Waals surface area (Å²) < 4.78 is 5.13. The molecular weight excluding hydrogens is 218 g/mol. The lowest BCUT2D eigenvalue weighted by Gasteiger charge is -2.11. The lowest BCUT2D eigenvalue weighted by Crippen LogP contribution is -2.32. The standard InChI is InChI=1S/C12H19N3O2/c1-9(13)7-8-14-12(16)15-10-5-3-4-6-11(10)17-2/h3-6,9H,7-8,13H2,1-2H3,(H2,14,15,16). The quantitative estimate of drug-likeness (QED) is 0.727. The molecule has 94 valence electrons. The minimum absolute atomic E-state index is 0.0848. The zero-order valence-corrected chi connectivity index (χ0v) is 10.2. The molecule has 0 aliphatic carbocycles. The zero-order valence-electron chi connectivity index (χ0n) is 10.2. The van der Waals surface area contributed by atoms with E-state index < -0.39 is 0 Å². The van der Waals surface area contributed by atoms with Gasteiger partial charge in [-0.1, -0.05) is 12.1 Å². The number of carbonyl (C=O) groups is 1. The number of carbonyl (C=O) groups excluding carboxylic acids is 1. The molecule has 0 spiro atoms. The van der Waals surface area contributed by atoms with E-state index in [2.05, 4.69) is 10.6 Å². The summed E-state index contributed by atoms with van der Waals surface area (Å²) in [5.41, 5.74) is 6.23. The Labute approximate surface area is 101 Å². The fourth-order valence-corrected chi connectivity index (χ4v) is 1.33. The van der Waals surface area contributed by atoms with Gasteiger partial charge in [-0.15, -0.1) is 0 Å². The van der Waals surface area contributed by atoms with Crippen molar-refractivity contribution < 1.29 is 9.53 Å². The van der Waals surface area contributed by atoms with Gasteiger partial charge in [0.15, 0.2) is 0 Å². The van der Waals surface area contributed by atoms with Gasteiger partial charge in [0.25, 0.3) is 0 Å². The van der Waals surface area contributed by atoms with Gasteiger partial charge in [0.1, 0.15) is 5.75 Å². The normalized spacial score (nSPS) is 11.7. The number of urea groups is 1. The van der Waals surface area contributed by atoms with Gasteiger partial charge < -0.3 is 21.1 Å². The SMILES string of the molecule is COc1ccccc1NC(=O)NCCC(C)N. The van der Waals surface area contributed by atoms with E-state index in [1.165, 1.54) is 0 Å². The van der Waals surface area contributed by atoms with Gasteiger partial charge in [0.05, 0.1) is 12.8 Å². The van der Waals surface area contributed by atoms with E-state index in [1.54, 1.807) is 19.2 Å². The summed E-state index contributed by atoms with van der Waals surface area (Å²) in [7, 11) is 1.56. The molecule has 0 heterocycles. The summed E-state index contributed by atoms with van der Waals surface area (Å²) in [5, 5.41) is 5.45. The highest BCUT2D eigenvalue weighted by molar-refractivity contribution is 5.90. The smallest absolute Gasteiger partial charge is 0.319 e. The van der Waals surface area contributed by atoms with Crippen molar-refractivity contribution in [3.63, 3.8) is 0 Å². The second-order valence-corrected chi connectivity index (χ2v) is 3.85. The third-order valence-corrected chi connectivity index (χ3v) is 2.24. The van der Waals surface area contributed by atoms with E-state index in [9.17, 15) is 4.79 Å². The van der Waals surface area contributed by atoms with Gasteiger partial charge in [0, 0.05) is 12.6 Å². The Kier molecular flexibility index (Phi) is 5.29. The molecule has 1 atom stereocenters. The van der Waals surface area contributed by atoms with Crippen LogP contribution in [-0.2, 0) is 0 Å². The molecule has 0 aromatic heterocycles. The number of para-hydroxylation sites is 2. The van der Waals surface area contributed by atoms with Gasteiger partial charge in [-0.05, 0) is 25.5 Å². The van der Waals surface area contributed by atoms with Gasteiger partial charge >= 0.3 is 6.03 Å². The summed E-state index contributed by atoms with van der Waals surface area (Å²) in [6.07, 6.45) is 0.749. The number of anilines is 1. The lowest BCUT2D eigenvalue weighted by atomic mass is 10.2. The summed E-state index contributed by atoms with van der Waals surface area (Å²) in [6, 6.07) is 7.08. The predicted octanol–water partition coefficient (Wildman–Crippen LogP) is 1.55. The summed E-state index contributed by atoms with van der Waals surface area (Å²) in [4.78, 5) is 11.5. The highest BCUT2D eigenvalue weighted by Crippen LogP contribution is 2.22. The Morgan fingerprint density at radius 3 is 2.82 bits per heavy atom. The molecule has 0 saturated carbocycles. The van der Waals surface area contributed by atoms with Crippen LogP contribution in [0.25, 0.3) is 0 Å². The van der Waals surface area contributed by atoms with E-state index in [1.807, 2.05) is 19.1 Å². The molecule has 1 unspecified atom stereocenters. The molecule has 2 amide bonds. The molecule has 5 heteroatoms. The van der Waals surface area contributed by atoms with Gasteiger partial charge in [0.2, 0.25) is 0 Å². The van der Waals surface area contributed by atoms with Crippen molar-refractivity contribution in [1.29, 1.82) is 0 Å². The lowest BCUT2D eigenvalue weighted by molar-refractivity contribution is 0.251. The number of rotatable bonds is 5. The molecule has 4 N–H and O–H groups in total. The highest BCUT2D eigenvalue weighted by atomic mass is 16.5. The fraction of sp³-hybridized carbons (Fsp3) is 0.417. The van der Waals surface area contributed by atoms with Crippen molar-refractivity contribution in [3.8, 4) is 5.75 Å². The van der Waals surface area contributed by atoms with Crippen LogP contribution in [0.2, 0.25) is 0 Å². The Balaban J connectivity index is 2.45. The largest absolute Gasteiger partial charge is 0.495 e. The first-order valence-corrected chi connectivity index (χ1v) is 5.57. The fourth-order valence-electron chi connectivity index (χ4n) is 1.33. The molecule has 0 aliphatic heterocycles. The van der Waals surface area contributed by atoms with E-state index in [0.717, 1.165) is 6.42 Å². The average molecular weight is 237 g/mol. The maximum Gasteiger partial charge on any atom is 0.319 e.